The van der Waals surface area contributed by atoms with E-state index < -0.39 is 33.6 Å². The molecule has 0 saturated carbocycles. The maximum atomic E-state index is 12.6. The molecule has 0 radical (unpaired) electrons. The number of hydrogen-bond acceptors (Lipinski definition) is 2. The van der Waals surface area contributed by atoms with Crippen molar-refractivity contribution in [2.45, 2.75) is 64.2 Å². The first-order valence-electron chi connectivity index (χ1n) is 5.48. The molecule has 0 fully saturated rings. The molecule has 0 saturated heterocycles. The average molecular weight is 287 g/mol. The molecule has 0 bridgehead atoms. The Morgan fingerprint density at radius 3 is 1.94 bits per heavy atom. The lowest BCUT2D eigenvalue weighted by Gasteiger charge is -2.29. The van der Waals surface area contributed by atoms with Crippen molar-refractivity contribution in [3.63, 3.8) is 0 Å². The molecule has 0 aromatic heterocycles. The fourth-order valence-corrected chi connectivity index (χ4v) is 1.46. The standard InChI is InChI=1S/C11H20F3NO2S/c1-8(7-15-18(16)9(2,3)4)17-10(5,6)11(12,13)14/h7-8H,1-6H3/b15-7+/t8-,18-/m1/s1. The van der Waals surface area contributed by atoms with Gasteiger partial charge in [-0.25, -0.2) is 4.21 Å². The highest BCUT2D eigenvalue weighted by molar-refractivity contribution is 7.85. The molecule has 7 heteroatoms. The molecule has 0 aliphatic heterocycles. The number of halogens is 3. The Hall–Kier alpha value is -0.430. The van der Waals surface area contributed by atoms with Crippen LogP contribution in [0.1, 0.15) is 41.5 Å². The Bertz CT molecular complexity index is 332. The second-order valence-electron chi connectivity index (χ2n) is 5.45. The lowest BCUT2D eigenvalue weighted by molar-refractivity contribution is -0.267. The van der Waals surface area contributed by atoms with Crippen LogP contribution in [-0.2, 0) is 15.7 Å². The molecular weight excluding hydrogens is 267 g/mol. The third kappa shape index (κ3) is 5.48. The molecule has 0 unspecified atom stereocenters. The van der Waals surface area contributed by atoms with Crippen LogP contribution in [0.3, 0.4) is 0 Å². The summed E-state index contributed by atoms with van der Waals surface area (Å²) in [4.78, 5) is 0. The Labute approximate surface area is 108 Å². The van der Waals surface area contributed by atoms with Crippen molar-refractivity contribution in [1.82, 2.24) is 0 Å². The summed E-state index contributed by atoms with van der Waals surface area (Å²) in [6, 6.07) is 0. The molecule has 0 aromatic rings. The fourth-order valence-electron chi connectivity index (χ4n) is 0.861. The van der Waals surface area contributed by atoms with E-state index in [1.807, 2.05) is 0 Å². The van der Waals surface area contributed by atoms with Crippen molar-refractivity contribution in [1.29, 1.82) is 0 Å². The van der Waals surface area contributed by atoms with Crippen LogP contribution in [0.2, 0.25) is 0 Å². The Balaban J connectivity index is 4.59. The topological polar surface area (TPSA) is 38.7 Å². The highest BCUT2D eigenvalue weighted by atomic mass is 32.2. The summed E-state index contributed by atoms with van der Waals surface area (Å²) < 4.78 is 57.3. The quantitative estimate of drug-likeness (QED) is 0.744. The van der Waals surface area contributed by atoms with Crippen LogP contribution >= 0.6 is 0 Å². The van der Waals surface area contributed by atoms with Crippen molar-refractivity contribution in [3.8, 4) is 0 Å². The molecule has 2 atom stereocenters. The van der Waals surface area contributed by atoms with Crippen LogP contribution in [0.5, 0.6) is 0 Å². The van der Waals surface area contributed by atoms with E-state index in [9.17, 15) is 17.4 Å². The summed E-state index contributed by atoms with van der Waals surface area (Å²) in [5, 5.41) is 0. The number of rotatable bonds is 4. The van der Waals surface area contributed by atoms with E-state index in [0.717, 1.165) is 20.1 Å². The van der Waals surface area contributed by atoms with Crippen LogP contribution in [0.25, 0.3) is 0 Å². The Kier molecular flexibility index (Phi) is 5.55. The summed E-state index contributed by atoms with van der Waals surface area (Å²) in [5.74, 6) is 0. The minimum absolute atomic E-state index is 0.546. The predicted octanol–water partition coefficient (Wildman–Crippen LogP) is 3.27. The van der Waals surface area contributed by atoms with Gasteiger partial charge >= 0.3 is 6.18 Å². The largest absolute Gasteiger partial charge is 0.416 e. The molecule has 0 aliphatic rings. The van der Waals surface area contributed by atoms with Crippen molar-refractivity contribution in [2.24, 2.45) is 4.40 Å². The van der Waals surface area contributed by atoms with Gasteiger partial charge in [0.2, 0.25) is 0 Å². The van der Waals surface area contributed by atoms with Gasteiger partial charge in [0.1, 0.15) is 11.0 Å². The zero-order valence-corrected chi connectivity index (χ0v) is 12.3. The van der Waals surface area contributed by atoms with E-state index in [4.69, 9.17) is 4.74 Å². The first-order valence-corrected chi connectivity index (χ1v) is 6.59. The van der Waals surface area contributed by atoms with E-state index in [0.29, 0.717) is 0 Å². The zero-order valence-electron chi connectivity index (χ0n) is 11.5. The number of nitrogens with zero attached hydrogens (tertiary/aromatic N) is 1. The van der Waals surface area contributed by atoms with E-state index in [1.165, 1.54) is 6.92 Å². The summed E-state index contributed by atoms with van der Waals surface area (Å²) >= 11 is 0. The maximum Gasteiger partial charge on any atom is 0.416 e. The molecule has 0 aliphatic carbocycles. The Morgan fingerprint density at radius 2 is 1.61 bits per heavy atom. The van der Waals surface area contributed by atoms with Gasteiger partial charge in [-0.2, -0.15) is 17.6 Å². The van der Waals surface area contributed by atoms with Crippen molar-refractivity contribution < 1.29 is 22.1 Å². The van der Waals surface area contributed by atoms with Gasteiger partial charge in [-0.05, 0) is 41.5 Å². The zero-order chi connectivity index (χ0) is 14.8. The van der Waals surface area contributed by atoms with Gasteiger partial charge in [0, 0.05) is 6.21 Å². The molecule has 0 amide bonds. The third-order valence-electron chi connectivity index (χ3n) is 2.05. The summed E-state index contributed by atoms with van der Waals surface area (Å²) in [7, 11) is -1.50. The van der Waals surface area contributed by atoms with E-state index in [1.54, 1.807) is 20.8 Å². The van der Waals surface area contributed by atoms with Gasteiger partial charge < -0.3 is 4.74 Å². The maximum absolute atomic E-state index is 12.6. The average Bonchev–Trinajstić information content (AvgIpc) is 2.09. The second-order valence-corrected chi connectivity index (χ2v) is 7.38. The fraction of sp³-hybridized carbons (Fsp3) is 0.909. The summed E-state index contributed by atoms with van der Waals surface area (Å²) in [5.41, 5.74) is -2.26. The number of hydrogen-bond donors (Lipinski definition) is 0. The van der Waals surface area contributed by atoms with Gasteiger partial charge in [-0.1, -0.05) is 0 Å². The first-order chi connectivity index (χ1) is 7.77. The first kappa shape index (κ1) is 17.6. The highest BCUT2D eigenvalue weighted by Crippen LogP contribution is 2.33. The van der Waals surface area contributed by atoms with Crippen LogP contribution in [0.15, 0.2) is 4.40 Å². The van der Waals surface area contributed by atoms with Crippen molar-refractivity contribution in [2.75, 3.05) is 0 Å². The van der Waals surface area contributed by atoms with Crippen molar-refractivity contribution >= 4 is 17.2 Å². The molecule has 108 valence electrons. The van der Waals surface area contributed by atoms with Crippen LogP contribution in [-0.4, -0.2) is 33.1 Å². The smallest absolute Gasteiger partial charge is 0.358 e. The molecular formula is C11H20F3NO2S. The van der Waals surface area contributed by atoms with Crippen LogP contribution < -0.4 is 0 Å². The van der Waals surface area contributed by atoms with Crippen LogP contribution in [0, 0.1) is 0 Å². The minimum atomic E-state index is -4.46. The van der Waals surface area contributed by atoms with E-state index in [-0.39, 0.29) is 0 Å². The van der Waals surface area contributed by atoms with Gasteiger partial charge in [0.05, 0.1) is 10.9 Å². The van der Waals surface area contributed by atoms with E-state index >= 15 is 0 Å². The van der Waals surface area contributed by atoms with Gasteiger partial charge in [0.25, 0.3) is 0 Å². The second kappa shape index (κ2) is 5.69. The van der Waals surface area contributed by atoms with Crippen molar-refractivity contribution in [3.05, 3.63) is 0 Å². The molecule has 18 heavy (non-hydrogen) atoms. The van der Waals surface area contributed by atoms with Gasteiger partial charge in [-0.15, -0.1) is 0 Å². The SMILES string of the molecule is C[C@H](/C=N/[S@](=O)C(C)(C)C)OC(C)(C)C(F)(F)F. The summed E-state index contributed by atoms with van der Waals surface area (Å²) in [6.07, 6.45) is -4.18. The normalized spacial score (nSPS) is 18.1. The lowest BCUT2D eigenvalue weighted by atomic mass is 10.1. The van der Waals surface area contributed by atoms with E-state index in [2.05, 4.69) is 4.40 Å². The molecule has 0 rings (SSSR count). The molecule has 0 N–H and O–H groups in total. The van der Waals surface area contributed by atoms with Gasteiger partial charge in [0.15, 0.2) is 5.60 Å². The van der Waals surface area contributed by atoms with Crippen LogP contribution in [0.4, 0.5) is 13.2 Å². The lowest BCUT2D eigenvalue weighted by Crippen LogP contribution is -2.44. The monoisotopic (exact) mass is 287 g/mol. The predicted molar refractivity (Wildman–Crippen MR) is 67.1 cm³/mol. The molecule has 0 aromatic carbocycles. The number of ether oxygens (including phenoxy) is 1. The highest BCUT2D eigenvalue weighted by Gasteiger charge is 2.49. The molecule has 0 spiro atoms. The minimum Gasteiger partial charge on any atom is -0.358 e. The number of alkyl halides is 3. The molecule has 3 nitrogen and oxygen atoms in total. The van der Waals surface area contributed by atoms with Gasteiger partial charge in [-0.3, -0.25) is 0 Å². The summed E-state index contributed by atoms with van der Waals surface area (Å²) in [6.45, 7) is 8.50. The Morgan fingerprint density at radius 1 is 1.17 bits per heavy atom. The molecule has 0 heterocycles. The third-order valence-corrected chi connectivity index (χ3v) is 3.41.